The van der Waals surface area contributed by atoms with Crippen molar-refractivity contribution in [3.05, 3.63) is 24.8 Å². The molecule has 0 aromatic heterocycles. The van der Waals surface area contributed by atoms with E-state index in [2.05, 4.69) is 22.6 Å². The van der Waals surface area contributed by atoms with Crippen LogP contribution in [0.1, 0.15) is 12.0 Å². The van der Waals surface area contributed by atoms with Crippen molar-refractivity contribution in [3.8, 4) is 5.75 Å². The van der Waals surface area contributed by atoms with Crippen molar-refractivity contribution in [3.63, 3.8) is 0 Å². The minimum atomic E-state index is -2.49. The molecule has 0 unspecified atom stereocenters. The molecule has 0 fully saturated rings. The van der Waals surface area contributed by atoms with Crippen molar-refractivity contribution < 1.29 is 13.5 Å². The van der Waals surface area contributed by atoms with Gasteiger partial charge in [0, 0.05) is 3.57 Å². The topological polar surface area (TPSA) is 9.23 Å². The monoisotopic (exact) mass is 410 g/mol. The number of halogens is 4. The van der Waals surface area contributed by atoms with Crippen molar-refractivity contribution in [1.29, 1.82) is 0 Å². The third kappa shape index (κ3) is 2.42. The van der Waals surface area contributed by atoms with Crippen molar-refractivity contribution in [1.82, 2.24) is 0 Å². The van der Waals surface area contributed by atoms with Gasteiger partial charge in [0.25, 0.3) is 6.43 Å². The summed E-state index contributed by atoms with van der Waals surface area (Å²) in [6, 6.07) is 3.06. The molecule has 0 aliphatic heterocycles. The van der Waals surface area contributed by atoms with E-state index in [1.807, 2.05) is 22.6 Å². The maximum atomic E-state index is 12.4. The minimum Gasteiger partial charge on any atom is -0.495 e. The van der Waals surface area contributed by atoms with Crippen molar-refractivity contribution in [2.45, 2.75) is 6.43 Å². The first kappa shape index (κ1) is 11.4. The summed E-state index contributed by atoms with van der Waals surface area (Å²) in [4.78, 5) is 0. The molecule has 13 heavy (non-hydrogen) atoms. The van der Waals surface area contributed by atoms with Crippen LogP contribution in [0.2, 0.25) is 0 Å². The number of hydrogen-bond acceptors (Lipinski definition) is 1. The zero-order valence-electron chi connectivity index (χ0n) is 6.65. The van der Waals surface area contributed by atoms with Gasteiger partial charge in [-0.25, -0.2) is 8.78 Å². The first-order valence-electron chi connectivity index (χ1n) is 3.38. The fraction of sp³-hybridized carbons (Fsp3) is 0.250. The second-order valence-corrected chi connectivity index (χ2v) is 4.53. The molecule has 0 bridgehead atoms. The van der Waals surface area contributed by atoms with Gasteiger partial charge in [0.05, 0.1) is 16.2 Å². The lowest BCUT2D eigenvalue weighted by atomic mass is 10.2. The van der Waals surface area contributed by atoms with E-state index in [9.17, 15) is 8.78 Å². The lowest BCUT2D eigenvalue weighted by molar-refractivity contribution is 0.147. The van der Waals surface area contributed by atoms with Gasteiger partial charge in [-0.1, -0.05) is 0 Å². The second-order valence-electron chi connectivity index (χ2n) is 2.28. The Balaban J connectivity index is 3.30. The van der Waals surface area contributed by atoms with E-state index in [1.54, 1.807) is 6.07 Å². The summed E-state index contributed by atoms with van der Waals surface area (Å²) in [7, 11) is 1.40. The van der Waals surface area contributed by atoms with Crippen LogP contribution in [0.4, 0.5) is 8.78 Å². The molecule has 0 amide bonds. The molecular formula is C8H6F2I2O. The summed E-state index contributed by atoms with van der Waals surface area (Å²) >= 11 is 4.08. The number of benzene rings is 1. The van der Waals surface area contributed by atoms with Gasteiger partial charge in [-0.3, -0.25) is 0 Å². The standard InChI is InChI=1S/C8H6F2I2O/c1-13-7-4(8(9)10)2-3-5(11)6(7)12/h2-3,8H,1H3. The van der Waals surface area contributed by atoms with Gasteiger partial charge in [-0.15, -0.1) is 0 Å². The maximum Gasteiger partial charge on any atom is 0.267 e. The van der Waals surface area contributed by atoms with Crippen molar-refractivity contribution in [2.24, 2.45) is 0 Å². The molecule has 0 saturated carbocycles. The molecule has 1 nitrogen and oxygen atoms in total. The van der Waals surface area contributed by atoms with E-state index in [0.717, 1.165) is 7.14 Å². The maximum absolute atomic E-state index is 12.4. The van der Waals surface area contributed by atoms with Crippen LogP contribution in [0.25, 0.3) is 0 Å². The Hall–Kier alpha value is 0.340. The van der Waals surface area contributed by atoms with Crippen LogP contribution >= 0.6 is 45.2 Å². The Kier molecular flexibility index (Phi) is 4.14. The average Bonchev–Trinajstić information content (AvgIpc) is 2.09. The van der Waals surface area contributed by atoms with Crippen LogP contribution in [0.3, 0.4) is 0 Å². The molecule has 1 rings (SSSR count). The summed E-state index contributed by atoms with van der Waals surface area (Å²) in [6.45, 7) is 0. The normalized spacial score (nSPS) is 10.6. The first-order valence-corrected chi connectivity index (χ1v) is 5.53. The first-order chi connectivity index (χ1) is 6.07. The Bertz CT molecular complexity index is 315. The van der Waals surface area contributed by atoms with Crippen LogP contribution < -0.4 is 4.74 Å². The van der Waals surface area contributed by atoms with Crippen molar-refractivity contribution >= 4 is 45.2 Å². The zero-order valence-corrected chi connectivity index (χ0v) is 11.0. The Morgan fingerprint density at radius 1 is 1.31 bits per heavy atom. The summed E-state index contributed by atoms with van der Waals surface area (Å²) in [5, 5.41) is 0. The third-order valence-corrected chi connectivity index (χ3v) is 4.52. The summed E-state index contributed by atoms with van der Waals surface area (Å²) in [5.74, 6) is 0.280. The van der Waals surface area contributed by atoms with Gasteiger partial charge in [0.1, 0.15) is 5.75 Å². The van der Waals surface area contributed by atoms with Gasteiger partial charge in [0.15, 0.2) is 0 Å². The lowest BCUT2D eigenvalue weighted by Crippen LogP contribution is -1.96. The van der Waals surface area contributed by atoms with E-state index in [1.165, 1.54) is 13.2 Å². The SMILES string of the molecule is COc1c(C(F)F)ccc(I)c1I. The second kappa shape index (κ2) is 4.72. The molecule has 0 saturated heterocycles. The molecule has 0 aliphatic carbocycles. The van der Waals surface area contributed by atoms with Crippen LogP contribution in [0, 0.1) is 7.14 Å². The number of rotatable bonds is 2. The van der Waals surface area contributed by atoms with Gasteiger partial charge >= 0.3 is 0 Å². The van der Waals surface area contributed by atoms with E-state index in [-0.39, 0.29) is 11.3 Å². The molecule has 0 spiro atoms. The third-order valence-electron chi connectivity index (χ3n) is 1.52. The zero-order chi connectivity index (χ0) is 10.0. The highest BCUT2D eigenvalue weighted by Crippen LogP contribution is 2.35. The summed E-state index contributed by atoms with van der Waals surface area (Å²) in [6.07, 6.45) is -2.49. The minimum absolute atomic E-state index is 0.0488. The van der Waals surface area contributed by atoms with E-state index in [4.69, 9.17) is 4.74 Å². The van der Waals surface area contributed by atoms with Crippen LogP contribution in [-0.4, -0.2) is 7.11 Å². The summed E-state index contributed by atoms with van der Waals surface area (Å²) < 4.78 is 31.5. The Morgan fingerprint density at radius 2 is 1.92 bits per heavy atom. The van der Waals surface area contributed by atoms with E-state index >= 15 is 0 Å². The Labute approximate surface area is 102 Å². The lowest BCUT2D eigenvalue weighted by Gasteiger charge is -2.10. The molecule has 1 aromatic rings. The predicted octanol–water partition coefficient (Wildman–Crippen LogP) is 3.84. The van der Waals surface area contributed by atoms with Crippen LogP contribution in [-0.2, 0) is 0 Å². The smallest absolute Gasteiger partial charge is 0.267 e. The molecule has 0 aliphatic rings. The molecule has 0 radical (unpaired) electrons. The molecular weight excluding hydrogens is 404 g/mol. The molecule has 0 atom stereocenters. The predicted molar refractivity (Wildman–Crippen MR) is 63.4 cm³/mol. The fourth-order valence-electron chi connectivity index (χ4n) is 0.926. The fourth-order valence-corrected chi connectivity index (χ4v) is 2.06. The van der Waals surface area contributed by atoms with Crippen LogP contribution in [0.15, 0.2) is 12.1 Å². The highest BCUT2D eigenvalue weighted by atomic mass is 127. The average molecular weight is 410 g/mol. The van der Waals surface area contributed by atoms with Gasteiger partial charge in [0.2, 0.25) is 0 Å². The van der Waals surface area contributed by atoms with E-state index < -0.39 is 6.43 Å². The van der Waals surface area contributed by atoms with Gasteiger partial charge in [-0.05, 0) is 57.3 Å². The number of hydrogen-bond donors (Lipinski definition) is 0. The molecule has 0 N–H and O–H groups in total. The van der Waals surface area contributed by atoms with Gasteiger partial charge < -0.3 is 4.74 Å². The number of methoxy groups -OCH3 is 1. The largest absolute Gasteiger partial charge is 0.495 e. The quantitative estimate of drug-likeness (QED) is 0.674. The van der Waals surface area contributed by atoms with Crippen LogP contribution in [0.5, 0.6) is 5.75 Å². The molecule has 0 heterocycles. The molecule has 5 heteroatoms. The summed E-state index contributed by atoms with van der Waals surface area (Å²) in [5.41, 5.74) is -0.0488. The highest BCUT2D eigenvalue weighted by Gasteiger charge is 2.17. The van der Waals surface area contributed by atoms with Gasteiger partial charge in [-0.2, -0.15) is 0 Å². The molecule has 1 aromatic carbocycles. The highest BCUT2D eigenvalue weighted by molar-refractivity contribution is 14.1. The number of alkyl halides is 2. The molecule has 72 valence electrons. The number of ether oxygens (including phenoxy) is 1. The Morgan fingerprint density at radius 3 is 2.38 bits per heavy atom. The van der Waals surface area contributed by atoms with E-state index in [0.29, 0.717) is 0 Å². The van der Waals surface area contributed by atoms with Crippen molar-refractivity contribution in [2.75, 3.05) is 7.11 Å².